The zero-order valence-electron chi connectivity index (χ0n) is 30.5. The van der Waals surface area contributed by atoms with Crippen molar-refractivity contribution in [2.24, 2.45) is 5.92 Å². The quantitative estimate of drug-likeness (QED) is 0.134. The minimum absolute atomic E-state index is 0.0893. The predicted octanol–water partition coefficient (Wildman–Crippen LogP) is 3.56. The molecule has 0 aliphatic carbocycles. The number of nitrogens with zero attached hydrogens (tertiary/aromatic N) is 1. The van der Waals surface area contributed by atoms with Gasteiger partial charge in [-0.25, -0.2) is 8.42 Å². The summed E-state index contributed by atoms with van der Waals surface area (Å²) in [6.07, 6.45) is 2.06. The van der Waals surface area contributed by atoms with Gasteiger partial charge in [-0.2, -0.15) is 0 Å². The maximum atomic E-state index is 13.9. The summed E-state index contributed by atoms with van der Waals surface area (Å²) in [5, 5.41) is 14.8. The van der Waals surface area contributed by atoms with E-state index >= 15 is 0 Å². The van der Waals surface area contributed by atoms with Crippen LogP contribution in [0, 0.1) is 5.92 Å². The molecule has 12 nitrogen and oxygen atoms in total. The number of rotatable bonds is 18. The second-order valence-corrected chi connectivity index (χ2v) is 15.0. The number of hydrogen-bond donors (Lipinski definition) is 5. The summed E-state index contributed by atoms with van der Waals surface area (Å²) in [4.78, 5) is 53.2. The molecule has 3 aromatic carbocycles. The van der Waals surface area contributed by atoms with Gasteiger partial charge in [0.15, 0.2) is 0 Å². The molecule has 3 aromatic rings. The summed E-state index contributed by atoms with van der Waals surface area (Å²) in [5.74, 6) is -1.74. The molecule has 13 heteroatoms. The zero-order valence-corrected chi connectivity index (χ0v) is 31.3. The van der Waals surface area contributed by atoms with E-state index in [1.165, 1.54) is 25.2 Å². The highest BCUT2D eigenvalue weighted by atomic mass is 32.2. The number of carbonyl (C=O) groups excluding carboxylic acids is 4. The highest BCUT2D eigenvalue weighted by Crippen LogP contribution is 2.23. The molecule has 0 aliphatic rings. The van der Waals surface area contributed by atoms with Gasteiger partial charge in [-0.15, -0.1) is 0 Å². The molecular weight excluding hydrogens is 669 g/mol. The molecule has 0 heterocycles. The molecule has 5 N–H and O–H groups in total. The molecule has 0 saturated carbocycles. The molecule has 276 valence electrons. The van der Waals surface area contributed by atoms with E-state index < -0.39 is 40.0 Å². The lowest BCUT2D eigenvalue weighted by atomic mass is 10.0. The number of nitrogens with one attached hydrogen (secondary N) is 5. The van der Waals surface area contributed by atoms with Gasteiger partial charge in [0.05, 0.1) is 24.0 Å². The molecule has 51 heavy (non-hydrogen) atoms. The monoisotopic (exact) mass is 720 g/mol. The van der Waals surface area contributed by atoms with Crippen LogP contribution in [0.2, 0.25) is 0 Å². The van der Waals surface area contributed by atoms with E-state index in [2.05, 4.69) is 26.6 Å². The minimum Gasteiger partial charge on any atom is -0.355 e. The van der Waals surface area contributed by atoms with Crippen LogP contribution in [0.4, 0.5) is 5.69 Å². The summed E-state index contributed by atoms with van der Waals surface area (Å²) in [7, 11) is -2.37. The van der Waals surface area contributed by atoms with Crippen molar-refractivity contribution >= 4 is 39.3 Å². The Morgan fingerprint density at radius 1 is 0.765 bits per heavy atom. The third-order valence-electron chi connectivity index (χ3n) is 8.54. The Kier molecular flexibility index (Phi) is 15.2. The van der Waals surface area contributed by atoms with Crippen molar-refractivity contribution in [1.29, 1.82) is 0 Å². The fourth-order valence-corrected chi connectivity index (χ4v) is 5.93. The molecular formula is C38H52N6O6S. The summed E-state index contributed by atoms with van der Waals surface area (Å²) in [5.41, 5.74) is 2.22. The van der Waals surface area contributed by atoms with Gasteiger partial charge in [0.1, 0.15) is 6.04 Å². The van der Waals surface area contributed by atoms with E-state index in [1.807, 2.05) is 88.4 Å². The van der Waals surface area contributed by atoms with Gasteiger partial charge in [0, 0.05) is 37.3 Å². The fourth-order valence-electron chi connectivity index (χ4n) is 5.45. The van der Waals surface area contributed by atoms with E-state index in [0.29, 0.717) is 19.4 Å². The maximum absolute atomic E-state index is 13.9. The van der Waals surface area contributed by atoms with Gasteiger partial charge in [0.2, 0.25) is 21.8 Å². The van der Waals surface area contributed by atoms with Crippen molar-refractivity contribution in [1.82, 2.24) is 26.6 Å². The normalized spacial score (nSPS) is 13.7. The van der Waals surface area contributed by atoms with Crippen molar-refractivity contribution in [3.05, 3.63) is 101 Å². The van der Waals surface area contributed by atoms with Crippen LogP contribution in [-0.2, 0) is 26.0 Å². The van der Waals surface area contributed by atoms with E-state index in [0.717, 1.165) is 21.7 Å². The maximum Gasteiger partial charge on any atom is 0.251 e. The zero-order chi connectivity index (χ0) is 37.7. The first-order chi connectivity index (χ1) is 24.1. The lowest BCUT2D eigenvalue weighted by Crippen LogP contribution is -2.55. The van der Waals surface area contributed by atoms with Crippen molar-refractivity contribution in [3.63, 3.8) is 0 Å². The third-order valence-corrected chi connectivity index (χ3v) is 9.75. The summed E-state index contributed by atoms with van der Waals surface area (Å²) in [6.45, 7) is 9.78. The van der Waals surface area contributed by atoms with Crippen molar-refractivity contribution in [2.45, 2.75) is 71.6 Å². The molecule has 0 bridgehead atoms. The second-order valence-electron chi connectivity index (χ2n) is 13.0. The molecule has 4 atom stereocenters. The van der Waals surface area contributed by atoms with Gasteiger partial charge < -0.3 is 26.6 Å². The molecule has 0 spiro atoms. The number of sulfonamides is 1. The Hall–Kier alpha value is -4.75. The molecule has 0 aromatic heterocycles. The molecule has 4 amide bonds. The molecule has 3 rings (SSSR count). The van der Waals surface area contributed by atoms with E-state index in [4.69, 9.17) is 0 Å². The van der Waals surface area contributed by atoms with Crippen molar-refractivity contribution < 1.29 is 27.6 Å². The minimum atomic E-state index is -3.73. The van der Waals surface area contributed by atoms with E-state index in [-0.39, 0.29) is 47.1 Å². The lowest BCUT2D eigenvalue weighted by molar-refractivity contribution is -0.130. The first-order valence-electron chi connectivity index (χ1n) is 17.3. The SMILES string of the molecule is CCNC(=O)[C@@H](NC(=O)[C@H](C)NC[C@H](Cc1ccccc1)NC(=O)c1cc(C(=O)NC(CC)c2ccccc2)cc(N(C)S(C)(=O)=O)c1)C(C)C. The van der Waals surface area contributed by atoms with Gasteiger partial charge in [-0.05, 0) is 61.9 Å². The standard InChI is InChI=1S/C38H52N6O6S/c1-8-33(28-18-14-11-15-19-28)42-37(47)30-21-29(22-32(23-30)44(6)51(7,49)50)36(46)41-31(20-27-16-12-10-13-17-27)24-40-26(5)35(45)43-34(25(3)4)38(48)39-9-2/h10-19,21-23,25-26,31,33-34,40H,8-9,20,24H2,1-7H3,(H,39,48)(H,41,46)(H,42,47)(H,43,45)/t26-,31-,33?,34-/m0/s1. The Morgan fingerprint density at radius 2 is 1.33 bits per heavy atom. The van der Waals surface area contributed by atoms with Crippen LogP contribution in [-0.4, -0.2) is 76.6 Å². The Bertz CT molecular complexity index is 1740. The summed E-state index contributed by atoms with van der Waals surface area (Å²) in [6, 6.07) is 21.1. The van der Waals surface area contributed by atoms with Gasteiger partial charge in [0.25, 0.3) is 11.8 Å². The van der Waals surface area contributed by atoms with Gasteiger partial charge in [-0.1, -0.05) is 81.4 Å². The largest absolute Gasteiger partial charge is 0.355 e. The van der Waals surface area contributed by atoms with Crippen LogP contribution in [0.1, 0.15) is 78.9 Å². The number of amides is 4. The lowest BCUT2D eigenvalue weighted by Gasteiger charge is -2.25. The Labute approximate surface area is 302 Å². The molecule has 0 fully saturated rings. The molecule has 0 aliphatic heterocycles. The fraction of sp³-hybridized carbons (Fsp3) is 0.421. The van der Waals surface area contributed by atoms with Crippen molar-refractivity contribution in [2.75, 3.05) is 30.7 Å². The summed E-state index contributed by atoms with van der Waals surface area (Å²) >= 11 is 0. The number of hydrogen-bond acceptors (Lipinski definition) is 7. The smallest absolute Gasteiger partial charge is 0.251 e. The number of carbonyl (C=O) groups is 4. The number of likely N-dealkylation sites (N-methyl/N-ethyl adjacent to an activating group) is 1. The first-order valence-corrected chi connectivity index (χ1v) is 19.1. The van der Waals surface area contributed by atoms with Crippen LogP contribution in [0.15, 0.2) is 78.9 Å². The van der Waals surface area contributed by atoms with Gasteiger partial charge in [-0.3, -0.25) is 23.5 Å². The Morgan fingerprint density at radius 3 is 1.86 bits per heavy atom. The highest BCUT2D eigenvalue weighted by Gasteiger charge is 2.27. The highest BCUT2D eigenvalue weighted by molar-refractivity contribution is 7.92. The molecule has 0 saturated heterocycles. The first kappa shape index (κ1) is 40.7. The third kappa shape index (κ3) is 12.2. The van der Waals surface area contributed by atoms with Crippen LogP contribution >= 0.6 is 0 Å². The predicted molar refractivity (Wildman–Crippen MR) is 201 cm³/mol. The number of anilines is 1. The van der Waals surface area contributed by atoms with Crippen molar-refractivity contribution in [3.8, 4) is 0 Å². The number of benzene rings is 3. The topological polar surface area (TPSA) is 166 Å². The van der Waals surface area contributed by atoms with Crippen LogP contribution in [0.3, 0.4) is 0 Å². The average molecular weight is 721 g/mol. The van der Waals surface area contributed by atoms with Crippen LogP contribution in [0.5, 0.6) is 0 Å². The second kappa shape index (κ2) is 19.0. The van der Waals surface area contributed by atoms with E-state index in [9.17, 15) is 27.6 Å². The molecule has 0 radical (unpaired) electrons. The molecule has 1 unspecified atom stereocenters. The van der Waals surface area contributed by atoms with Gasteiger partial charge >= 0.3 is 0 Å². The van der Waals surface area contributed by atoms with Crippen LogP contribution in [0.25, 0.3) is 0 Å². The summed E-state index contributed by atoms with van der Waals surface area (Å²) < 4.78 is 26.1. The van der Waals surface area contributed by atoms with E-state index in [1.54, 1.807) is 6.92 Å². The average Bonchev–Trinajstić information content (AvgIpc) is 3.11. The Balaban J connectivity index is 1.88. The van der Waals surface area contributed by atoms with Crippen LogP contribution < -0.4 is 30.9 Å².